The third-order valence-electron chi connectivity index (χ3n) is 4.32. The fourth-order valence-electron chi connectivity index (χ4n) is 2.44. The van der Waals surface area contributed by atoms with Gasteiger partial charge in [-0.25, -0.2) is 0 Å². The quantitative estimate of drug-likeness (QED) is 0.679. The van der Waals surface area contributed by atoms with Crippen LogP contribution in [0.3, 0.4) is 0 Å². The lowest BCUT2D eigenvalue weighted by atomic mass is 9.87. The molecule has 2 atom stereocenters. The van der Waals surface area contributed by atoms with Crippen molar-refractivity contribution in [3.05, 3.63) is 60.1 Å². The van der Waals surface area contributed by atoms with Gasteiger partial charge in [0.05, 0.1) is 6.26 Å². The van der Waals surface area contributed by atoms with Crippen molar-refractivity contribution >= 4 is 0 Å². The monoisotopic (exact) mass is 301 g/mol. The minimum absolute atomic E-state index is 0.0410. The van der Waals surface area contributed by atoms with Gasteiger partial charge in [-0.2, -0.15) is 5.48 Å². The van der Waals surface area contributed by atoms with E-state index in [1.165, 1.54) is 5.56 Å². The molecule has 3 nitrogen and oxygen atoms in total. The van der Waals surface area contributed by atoms with Crippen molar-refractivity contribution in [3.63, 3.8) is 0 Å². The molecule has 0 spiro atoms. The molecule has 0 aliphatic heterocycles. The molecule has 0 aliphatic carbocycles. The number of hydrogen-bond acceptors (Lipinski definition) is 3. The van der Waals surface area contributed by atoms with Crippen LogP contribution in [-0.2, 0) is 10.4 Å². The summed E-state index contributed by atoms with van der Waals surface area (Å²) in [7, 11) is 0. The second-order valence-corrected chi connectivity index (χ2v) is 6.24. The second-order valence-electron chi connectivity index (χ2n) is 6.24. The maximum atomic E-state index is 6.11. The molecule has 3 heteroatoms. The van der Waals surface area contributed by atoms with E-state index >= 15 is 0 Å². The van der Waals surface area contributed by atoms with Crippen molar-refractivity contribution in [1.82, 2.24) is 5.48 Å². The first-order chi connectivity index (χ1) is 10.6. The van der Waals surface area contributed by atoms with Crippen LogP contribution in [0.25, 0.3) is 0 Å². The summed E-state index contributed by atoms with van der Waals surface area (Å²) in [5, 5.41) is 0. The average Bonchev–Trinajstić information content (AvgIpc) is 3.06. The Morgan fingerprint density at radius 3 is 2.41 bits per heavy atom. The number of hydroxylamine groups is 1. The van der Waals surface area contributed by atoms with Gasteiger partial charge in [-0.15, -0.1) is 0 Å². The molecule has 0 fully saturated rings. The summed E-state index contributed by atoms with van der Waals surface area (Å²) < 4.78 is 5.62. The molecule has 0 aliphatic rings. The molecule has 120 valence electrons. The van der Waals surface area contributed by atoms with Gasteiger partial charge in [-0.05, 0) is 37.0 Å². The van der Waals surface area contributed by atoms with Crippen molar-refractivity contribution in [3.8, 4) is 0 Å². The van der Waals surface area contributed by atoms with Crippen molar-refractivity contribution in [2.45, 2.75) is 52.2 Å². The normalized spacial score (nSPS) is 15.7. The molecule has 0 saturated heterocycles. The Morgan fingerprint density at radius 1 is 1.14 bits per heavy atom. The van der Waals surface area contributed by atoms with Gasteiger partial charge in [0, 0.05) is 0 Å². The lowest BCUT2D eigenvalue weighted by Crippen LogP contribution is -2.44. The van der Waals surface area contributed by atoms with E-state index in [1.54, 1.807) is 6.26 Å². The molecule has 22 heavy (non-hydrogen) atoms. The summed E-state index contributed by atoms with van der Waals surface area (Å²) in [6, 6.07) is 14.3. The Balaban J connectivity index is 2.13. The summed E-state index contributed by atoms with van der Waals surface area (Å²) in [4.78, 5) is 6.11. The highest BCUT2D eigenvalue weighted by atomic mass is 16.7. The zero-order valence-electron chi connectivity index (χ0n) is 14.0. The predicted molar refractivity (Wildman–Crippen MR) is 89.2 cm³/mol. The first-order valence-corrected chi connectivity index (χ1v) is 8.09. The largest absolute Gasteiger partial charge is 0.467 e. The smallest absolute Gasteiger partial charge is 0.126 e. The van der Waals surface area contributed by atoms with Gasteiger partial charge >= 0.3 is 0 Å². The van der Waals surface area contributed by atoms with Crippen LogP contribution in [0.5, 0.6) is 0 Å². The van der Waals surface area contributed by atoms with Crippen LogP contribution in [0.2, 0.25) is 0 Å². The molecule has 1 aromatic heterocycles. The summed E-state index contributed by atoms with van der Waals surface area (Å²) >= 11 is 0. The number of nitrogens with one attached hydrogen (secondary N) is 1. The van der Waals surface area contributed by atoms with Gasteiger partial charge in [0.25, 0.3) is 0 Å². The van der Waals surface area contributed by atoms with Gasteiger partial charge in [-0.1, -0.05) is 57.5 Å². The topological polar surface area (TPSA) is 34.4 Å². The van der Waals surface area contributed by atoms with E-state index in [0.717, 1.165) is 18.6 Å². The molecule has 0 saturated carbocycles. The van der Waals surface area contributed by atoms with Gasteiger partial charge in [0.15, 0.2) is 0 Å². The maximum Gasteiger partial charge on any atom is 0.126 e. The Morgan fingerprint density at radius 2 is 1.86 bits per heavy atom. The van der Waals surface area contributed by atoms with E-state index in [9.17, 15) is 0 Å². The lowest BCUT2D eigenvalue weighted by Gasteiger charge is -2.34. The molecular formula is C19H27NO2. The van der Waals surface area contributed by atoms with Crippen molar-refractivity contribution in [2.24, 2.45) is 5.92 Å². The molecule has 1 N–H and O–H groups in total. The van der Waals surface area contributed by atoms with E-state index in [1.807, 2.05) is 18.2 Å². The molecule has 2 rings (SSSR count). The standard InChI is InChI=1S/C19H27NO2/c1-5-10-17(16-11-7-6-8-12-16)22-20-19(4,15(2)3)18-13-9-14-21-18/h6-9,11-15,17,20H,5,10H2,1-4H3/t17-,19+/m0/s1. The Hall–Kier alpha value is -1.58. The highest BCUT2D eigenvalue weighted by Gasteiger charge is 2.34. The highest BCUT2D eigenvalue weighted by molar-refractivity contribution is 5.17. The first-order valence-electron chi connectivity index (χ1n) is 8.09. The maximum absolute atomic E-state index is 6.11. The first kappa shape index (κ1) is 16.8. The summed E-state index contributed by atoms with van der Waals surface area (Å²) in [5.74, 6) is 1.22. The van der Waals surface area contributed by atoms with Crippen LogP contribution in [0.1, 0.15) is 58.0 Å². The number of furan rings is 1. The van der Waals surface area contributed by atoms with Crippen LogP contribution in [0, 0.1) is 5.92 Å². The summed E-state index contributed by atoms with van der Waals surface area (Å²) in [6.45, 7) is 8.62. The number of hydrogen-bond donors (Lipinski definition) is 1. The van der Waals surface area contributed by atoms with Crippen LogP contribution in [0.15, 0.2) is 53.1 Å². The molecule has 0 unspecified atom stereocenters. The second kappa shape index (κ2) is 7.61. The number of rotatable bonds is 8. The van der Waals surface area contributed by atoms with E-state index in [0.29, 0.717) is 5.92 Å². The molecule has 1 heterocycles. The van der Waals surface area contributed by atoms with E-state index in [-0.39, 0.29) is 11.6 Å². The summed E-state index contributed by atoms with van der Waals surface area (Å²) in [6.07, 6.45) is 3.79. The Kier molecular flexibility index (Phi) is 5.81. The van der Waals surface area contributed by atoms with Gasteiger partial charge in [-0.3, -0.25) is 4.84 Å². The molecule has 0 amide bonds. The molecule has 2 aromatic rings. The third kappa shape index (κ3) is 3.79. The fraction of sp³-hybridized carbons (Fsp3) is 0.474. The van der Waals surface area contributed by atoms with Crippen LogP contribution in [0.4, 0.5) is 0 Å². The minimum atomic E-state index is -0.357. The molecular weight excluding hydrogens is 274 g/mol. The molecule has 0 radical (unpaired) electrons. The Labute approximate surface area is 133 Å². The van der Waals surface area contributed by atoms with E-state index in [4.69, 9.17) is 9.25 Å². The van der Waals surface area contributed by atoms with Crippen LogP contribution >= 0.6 is 0 Å². The summed E-state index contributed by atoms with van der Waals surface area (Å²) in [5.41, 5.74) is 4.13. The van der Waals surface area contributed by atoms with Crippen LogP contribution in [-0.4, -0.2) is 0 Å². The molecule has 0 bridgehead atoms. The zero-order chi connectivity index (χ0) is 16.0. The van der Waals surface area contributed by atoms with Gasteiger partial charge in [0.1, 0.15) is 17.4 Å². The average molecular weight is 301 g/mol. The lowest BCUT2D eigenvalue weighted by molar-refractivity contribution is -0.0947. The van der Waals surface area contributed by atoms with Crippen molar-refractivity contribution in [1.29, 1.82) is 0 Å². The van der Waals surface area contributed by atoms with Gasteiger partial charge < -0.3 is 4.42 Å². The van der Waals surface area contributed by atoms with Crippen LogP contribution < -0.4 is 5.48 Å². The fourth-order valence-corrected chi connectivity index (χ4v) is 2.44. The number of benzene rings is 1. The van der Waals surface area contributed by atoms with Crippen molar-refractivity contribution < 1.29 is 9.25 Å². The Bertz CT molecular complexity index is 536. The van der Waals surface area contributed by atoms with E-state index < -0.39 is 0 Å². The zero-order valence-corrected chi connectivity index (χ0v) is 14.0. The predicted octanol–water partition coefficient (Wildman–Crippen LogP) is 5.21. The third-order valence-corrected chi connectivity index (χ3v) is 4.32. The minimum Gasteiger partial charge on any atom is -0.467 e. The van der Waals surface area contributed by atoms with Crippen molar-refractivity contribution in [2.75, 3.05) is 0 Å². The highest BCUT2D eigenvalue weighted by Crippen LogP contribution is 2.31. The SMILES string of the molecule is CCC[C@H](ON[C@@](C)(c1ccco1)C(C)C)c1ccccc1. The van der Waals surface area contributed by atoms with E-state index in [2.05, 4.69) is 57.4 Å². The van der Waals surface area contributed by atoms with Gasteiger partial charge in [0.2, 0.25) is 0 Å². The molecule has 1 aromatic carbocycles.